The molecule has 3 rings (SSSR count). The summed E-state index contributed by atoms with van der Waals surface area (Å²) in [6.45, 7) is 0.0750. The molecule has 6 heteroatoms. The van der Waals surface area contributed by atoms with Gasteiger partial charge in [0, 0.05) is 23.0 Å². The van der Waals surface area contributed by atoms with Gasteiger partial charge in [-0.15, -0.1) is 0 Å². The van der Waals surface area contributed by atoms with Gasteiger partial charge in [0.2, 0.25) is 5.91 Å². The van der Waals surface area contributed by atoms with Crippen molar-refractivity contribution in [3.63, 3.8) is 0 Å². The van der Waals surface area contributed by atoms with E-state index in [-0.39, 0.29) is 18.9 Å². The van der Waals surface area contributed by atoms with E-state index < -0.39 is 5.97 Å². The first-order chi connectivity index (χ1) is 13.6. The molecule has 0 saturated carbocycles. The smallest absolute Gasteiger partial charge is 0.244 e. The number of carbonyl (C=O) groups is 2. The molecule has 1 heterocycles. The average molecular weight is 377 g/mol. The van der Waals surface area contributed by atoms with Gasteiger partial charge in [-0.1, -0.05) is 30.3 Å². The first-order valence-corrected chi connectivity index (χ1v) is 8.94. The summed E-state index contributed by atoms with van der Waals surface area (Å²) in [6, 6.07) is 20.5. The molecule has 0 atom stereocenters. The third-order valence-electron chi connectivity index (χ3n) is 4.40. The van der Waals surface area contributed by atoms with Crippen molar-refractivity contribution in [2.24, 2.45) is 0 Å². The van der Waals surface area contributed by atoms with Crippen molar-refractivity contribution in [3.05, 3.63) is 72.4 Å². The van der Waals surface area contributed by atoms with E-state index in [1.807, 2.05) is 47.0 Å². The molecule has 6 nitrogen and oxygen atoms in total. The second-order valence-electron chi connectivity index (χ2n) is 6.31. The number of carboxylic acid groups (broad SMARTS) is 1. The van der Waals surface area contributed by atoms with Gasteiger partial charge in [0.1, 0.15) is 12.3 Å². The first-order valence-electron chi connectivity index (χ1n) is 8.94. The number of carboxylic acids is 1. The van der Waals surface area contributed by atoms with E-state index in [0.717, 1.165) is 17.0 Å². The zero-order chi connectivity index (χ0) is 19.9. The molecule has 0 unspecified atom stereocenters. The maximum atomic E-state index is 12.6. The molecular weight excluding hydrogens is 356 g/mol. The monoisotopic (exact) mass is 377 g/mol. The Labute approximate surface area is 163 Å². The van der Waals surface area contributed by atoms with Crippen LogP contribution in [0.1, 0.15) is 12.1 Å². The van der Waals surface area contributed by atoms with Crippen molar-refractivity contribution in [2.45, 2.75) is 19.4 Å². The molecule has 144 valence electrons. The van der Waals surface area contributed by atoms with Crippen LogP contribution in [0.2, 0.25) is 0 Å². The number of benzene rings is 2. The minimum absolute atomic E-state index is 0.0750. The lowest BCUT2D eigenvalue weighted by atomic mass is 10.1. The van der Waals surface area contributed by atoms with Crippen LogP contribution in [0.3, 0.4) is 0 Å². The van der Waals surface area contributed by atoms with Crippen LogP contribution in [0.15, 0.2) is 66.7 Å². The molecule has 0 bridgehead atoms. The Bertz CT molecular complexity index is 946. The Balaban J connectivity index is 1.82. The van der Waals surface area contributed by atoms with Crippen LogP contribution >= 0.6 is 0 Å². The van der Waals surface area contributed by atoms with Crippen molar-refractivity contribution in [3.8, 4) is 17.0 Å². The summed E-state index contributed by atoms with van der Waals surface area (Å²) in [4.78, 5) is 23.5. The summed E-state index contributed by atoms with van der Waals surface area (Å²) in [7, 11) is 1.58. The molecule has 0 saturated heterocycles. The van der Waals surface area contributed by atoms with Crippen LogP contribution in [0.5, 0.6) is 5.75 Å². The van der Waals surface area contributed by atoms with Gasteiger partial charge in [0.25, 0.3) is 0 Å². The first kappa shape index (κ1) is 19.2. The van der Waals surface area contributed by atoms with E-state index >= 15 is 0 Å². The summed E-state index contributed by atoms with van der Waals surface area (Å²) < 4.78 is 6.96. The van der Waals surface area contributed by atoms with Gasteiger partial charge in [-0.05, 0) is 54.8 Å². The van der Waals surface area contributed by atoms with Crippen LogP contribution < -0.4 is 15.2 Å². The summed E-state index contributed by atoms with van der Waals surface area (Å²) in [5, 5.41) is 13.7. The molecule has 0 radical (unpaired) electrons. The van der Waals surface area contributed by atoms with Crippen LogP contribution in [-0.4, -0.2) is 23.6 Å². The minimum Gasteiger partial charge on any atom is -0.550 e. The van der Waals surface area contributed by atoms with Crippen molar-refractivity contribution >= 4 is 17.6 Å². The predicted octanol–water partition coefficient (Wildman–Crippen LogP) is 2.48. The SMILES string of the molecule is COc1ccc(NC(=O)Cn2c(CCC(=O)[O-])ccc2-c2ccccc2)cc1. The number of amides is 1. The number of aryl methyl sites for hydroxylation is 1. The molecule has 0 aliphatic carbocycles. The van der Waals surface area contributed by atoms with E-state index in [4.69, 9.17) is 4.74 Å². The maximum Gasteiger partial charge on any atom is 0.244 e. The number of aliphatic carboxylic acids is 1. The number of aromatic nitrogens is 1. The number of ether oxygens (including phenoxy) is 1. The highest BCUT2D eigenvalue weighted by atomic mass is 16.5. The van der Waals surface area contributed by atoms with Gasteiger partial charge >= 0.3 is 0 Å². The lowest BCUT2D eigenvalue weighted by Gasteiger charge is -2.14. The Morgan fingerprint density at radius 1 is 1.00 bits per heavy atom. The molecule has 0 spiro atoms. The Hall–Kier alpha value is -3.54. The van der Waals surface area contributed by atoms with Crippen LogP contribution in [0.4, 0.5) is 5.69 Å². The van der Waals surface area contributed by atoms with Gasteiger partial charge in [-0.25, -0.2) is 0 Å². The lowest BCUT2D eigenvalue weighted by molar-refractivity contribution is -0.305. The number of hydrogen-bond acceptors (Lipinski definition) is 4. The molecule has 0 aliphatic heterocycles. The summed E-state index contributed by atoms with van der Waals surface area (Å²) in [6.07, 6.45) is 0.198. The van der Waals surface area contributed by atoms with E-state index in [1.54, 1.807) is 31.4 Å². The van der Waals surface area contributed by atoms with Crippen molar-refractivity contribution in [1.82, 2.24) is 4.57 Å². The summed E-state index contributed by atoms with van der Waals surface area (Å²) in [5.41, 5.74) is 3.25. The number of methoxy groups -OCH3 is 1. The third-order valence-corrected chi connectivity index (χ3v) is 4.40. The van der Waals surface area contributed by atoms with Crippen LogP contribution in [0.25, 0.3) is 11.3 Å². The van der Waals surface area contributed by atoms with Crippen LogP contribution in [-0.2, 0) is 22.6 Å². The fourth-order valence-electron chi connectivity index (χ4n) is 3.02. The molecule has 1 N–H and O–H groups in total. The van der Waals surface area contributed by atoms with Gasteiger partial charge in [0.15, 0.2) is 0 Å². The predicted molar refractivity (Wildman–Crippen MR) is 105 cm³/mol. The quantitative estimate of drug-likeness (QED) is 0.654. The van der Waals surface area contributed by atoms with E-state index in [9.17, 15) is 14.7 Å². The molecule has 3 aromatic rings. The van der Waals surface area contributed by atoms with E-state index in [1.165, 1.54) is 0 Å². The number of anilines is 1. The Morgan fingerprint density at radius 3 is 2.36 bits per heavy atom. The zero-order valence-corrected chi connectivity index (χ0v) is 15.6. The van der Waals surface area contributed by atoms with Crippen molar-refractivity contribution in [1.29, 1.82) is 0 Å². The lowest BCUT2D eigenvalue weighted by Crippen LogP contribution is -2.24. The largest absolute Gasteiger partial charge is 0.550 e. The second kappa shape index (κ2) is 8.90. The van der Waals surface area contributed by atoms with E-state index in [2.05, 4.69) is 5.32 Å². The highest BCUT2D eigenvalue weighted by Crippen LogP contribution is 2.24. The number of nitrogens with one attached hydrogen (secondary N) is 1. The minimum atomic E-state index is -1.11. The third kappa shape index (κ3) is 4.79. The zero-order valence-electron chi connectivity index (χ0n) is 15.6. The van der Waals surface area contributed by atoms with Gasteiger partial charge in [0.05, 0.1) is 7.11 Å². The van der Waals surface area contributed by atoms with Crippen LogP contribution in [0, 0.1) is 0 Å². The van der Waals surface area contributed by atoms with Crippen molar-refractivity contribution < 1.29 is 19.4 Å². The van der Waals surface area contributed by atoms with E-state index in [0.29, 0.717) is 17.9 Å². The second-order valence-corrected chi connectivity index (χ2v) is 6.31. The topological polar surface area (TPSA) is 83.4 Å². The molecule has 0 fully saturated rings. The number of nitrogens with zero attached hydrogens (tertiary/aromatic N) is 1. The Kier molecular flexibility index (Phi) is 6.11. The molecule has 0 aliphatic rings. The molecule has 1 amide bonds. The maximum absolute atomic E-state index is 12.6. The highest BCUT2D eigenvalue weighted by molar-refractivity contribution is 5.91. The van der Waals surface area contributed by atoms with Gasteiger partial charge in [-0.2, -0.15) is 0 Å². The molecular formula is C22H21N2O4-. The average Bonchev–Trinajstić information content (AvgIpc) is 3.10. The number of carbonyl (C=O) groups excluding carboxylic acids is 2. The standard InChI is InChI=1S/C22H22N2O4/c1-28-19-11-7-17(8-12-19)23-21(25)15-24-18(10-14-22(26)27)9-13-20(24)16-5-3-2-4-6-16/h2-9,11-13H,10,14-15H2,1H3,(H,23,25)(H,26,27)/p-1. The summed E-state index contributed by atoms with van der Waals surface area (Å²) in [5.74, 6) is -0.607. The molecule has 2 aromatic carbocycles. The summed E-state index contributed by atoms with van der Waals surface area (Å²) >= 11 is 0. The normalized spacial score (nSPS) is 10.5. The fraction of sp³-hybridized carbons (Fsp3) is 0.182. The fourth-order valence-corrected chi connectivity index (χ4v) is 3.02. The molecule has 1 aromatic heterocycles. The van der Waals surface area contributed by atoms with Crippen molar-refractivity contribution in [2.75, 3.05) is 12.4 Å². The number of hydrogen-bond donors (Lipinski definition) is 1. The number of rotatable bonds is 8. The highest BCUT2D eigenvalue weighted by Gasteiger charge is 2.13. The van der Waals surface area contributed by atoms with Gasteiger partial charge < -0.3 is 24.5 Å². The van der Waals surface area contributed by atoms with Gasteiger partial charge in [-0.3, -0.25) is 4.79 Å². The molecule has 28 heavy (non-hydrogen) atoms. The Morgan fingerprint density at radius 2 is 1.71 bits per heavy atom.